The van der Waals surface area contributed by atoms with Crippen LogP contribution in [0, 0.1) is 0 Å². The monoisotopic (exact) mass is 456 g/mol. The molecule has 1 fully saturated rings. The number of piperazine rings is 1. The van der Waals surface area contributed by atoms with Crippen molar-refractivity contribution in [3.05, 3.63) is 53.6 Å². The van der Waals surface area contributed by atoms with Crippen LogP contribution in [0.3, 0.4) is 0 Å². The van der Waals surface area contributed by atoms with Crippen LogP contribution in [0.15, 0.2) is 47.4 Å². The van der Waals surface area contributed by atoms with Crippen molar-refractivity contribution in [3.63, 3.8) is 0 Å². The molecular formula is C23H28N4O4S. The Bertz CT molecular complexity index is 1140. The van der Waals surface area contributed by atoms with Gasteiger partial charge in [0.1, 0.15) is 0 Å². The second kappa shape index (κ2) is 8.65. The van der Waals surface area contributed by atoms with E-state index in [-0.39, 0.29) is 22.6 Å². The molecule has 0 saturated carbocycles. The number of carbonyl (C=O) groups excluding carboxylic acids is 2. The molecule has 1 amide bonds. The first-order chi connectivity index (χ1) is 15.1. The third kappa shape index (κ3) is 4.55. The molecule has 0 radical (unpaired) electrons. The van der Waals surface area contributed by atoms with E-state index in [0.717, 1.165) is 43.1 Å². The van der Waals surface area contributed by atoms with E-state index in [2.05, 4.69) is 9.80 Å². The minimum atomic E-state index is -3.77. The molecule has 2 aliphatic heterocycles. The minimum absolute atomic E-state index is 0.0128. The smallest absolute Gasteiger partial charge is 0.241 e. The Kier molecular flexibility index (Phi) is 6.07. The first-order valence-electron chi connectivity index (χ1n) is 10.7. The van der Waals surface area contributed by atoms with Gasteiger partial charge in [0.05, 0.1) is 11.4 Å². The topological polar surface area (TPSA) is 104 Å². The number of nitrogens with zero attached hydrogens (tertiary/aromatic N) is 3. The molecule has 0 aliphatic carbocycles. The van der Waals surface area contributed by atoms with Crippen molar-refractivity contribution in [2.75, 3.05) is 42.5 Å². The number of carbonyl (C=O) groups is 2. The molecule has 2 heterocycles. The van der Waals surface area contributed by atoms with Crippen molar-refractivity contribution >= 4 is 33.1 Å². The summed E-state index contributed by atoms with van der Waals surface area (Å²) in [5.41, 5.74) is 3.37. The summed E-state index contributed by atoms with van der Waals surface area (Å²) in [4.78, 5) is 30.8. The van der Waals surface area contributed by atoms with E-state index in [1.165, 1.54) is 6.07 Å². The number of sulfonamides is 1. The lowest BCUT2D eigenvalue weighted by atomic mass is 10.1. The van der Waals surface area contributed by atoms with Gasteiger partial charge in [-0.2, -0.15) is 0 Å². The summed E-state index contributed by atoms with van der Waals surface area (Å²) in [6, 6.07) is 12.3. The highest BCUT2D eigenvalue weighted by atomic mass is 32.2. The number of benzene rings is 2. The Morgan fingerprint density at radius 1 is 1.03 bits per heavy atom. The van der Waals surface area contributed by atoms with Crippen LogP contribution in [0.1, 0.15) is 29.8 Å². The lowest BCUT2D eigenvalue weighted by Gasteiger charge is -2.36. The molecule has 2 aromatic rings. The van der Waals surface area contributed by atoms with Gasteiger partial charge in [0.15, 0.2) is 5.78 Å². The first kappa shape index (κ1) is 22.4. The van der Waals surface area contributed by atoms with Gasteiger partial charge < -0.3 is 9.80 Å². The molecule has 0 aromatic heterocycles. The third-order valence-corrected chi connectivity index (χ3v) is 7.14. The third-order valence-electron chi connectivity index (χ3n) is 6.23. The van der Waals surface area contributed by atoms with E-state index in [0.29, 0.717) is 18.5 Å². The van der Waals surface area contributed by atoms with Gasteiger partial charge in [-0.05, 0) is 68.3 Å². The Labute approximate surface area is 188 Å². The van der Waals surface area contributed by atoms with E-state index in [9.17, 15) is 18.0 Å². The van der Waals surface area contributed by atoms with Crippen molar-refractivity contribution in [1.29, 1.82) is 0 Å². The van der Waals surface area contributed by atoms with Gasteiger partial charge in [-0.1, -0.05) is 0 Å². The maximum absolute atomic E-state index is 13.1. The highest BCUT2D eigenvalue weighted by molar-refractivity contribution is 7.89. The van der Waals surface area contributed by atoms with Gasteiger partial charge in [0.25, 0.3) is 0 Å². The van der Waals surface area contributed by atoms with Crippen LogP contribution in [0.25, 0.3) is 0 Å². The molecule has 1 saturated heterocycles. The number of hydrogen-bond acceptors (Lipinski definition) is 6. The number of primary sulfonamides is 1. The van der Waals surface area contributed by atoms with Crippen LogP contribution in [-0.2, 0) is 21.2 Å². The van der Waals surface area contributed by atoms with Gasteiger partial charge in [-0.25, -0.2) is 13.6 Å². The maximum Gasteiger partial charge on any atom is 0.241 e. The van der Waals surface area contributed by atoms with Crippen LogP contribution in [-0.4, -0.2) is 63.8 Å². The number of nitrogens with two attached hydrogens (primary N) is 1. The molecule has 8 nitrogen and oxygen atoms in total. The summed E-state index contributed by atoms with van der Waals surface area (Å²) in [6.07, 6.45) is 0.606. The zero-order valence-electron chi connectivity index (χ0n) is 18.3. The second-order valence-electron chi connectivity index (χ2n) is 8.52. The molecule has 4 rings (SSSR count). The van der Waals surface area contributed by atoms with E-state index < -0.39 is 10.0 Å². The zero-order valence-corrected chi connectivity index (χ0v) is 19.1. The molecule has 2 N–H and O–H groups in total. The van der Waals surface area contributed by atoms with Crippen molar-refractivity contribution < 1.29 is 18.0 Å². The summed E-state index contributed by atoms with van der Waals surface area (Å²) in [5.74, 6) is 0.0670. The number of Topliss-reactive ketones (excluding diaryl/α,β-unsaturated/α-hetero) is 1. The number of amides is 1. The van der Waals surface area contributed by atoms with E-state index in [1.807, 2.05) is 31.2 Å². The lowest BCUT2D eigenvalue weighted by molar-refractivity contribution is -0.120. The highest BCUT2D eigenvalue weighted by Crippen LogP contribution is 2.34. The fraction of sp³-hybridized carbons (Fsp3) is 0.391. The first-order valence-corrected chi connectivity index (χ1v) is 12.2. The van der Waals surface area contributed by atoms with Crippen molar-refractivity contribution in [1.82, 2.24) is 4.90 Å². The number of hydrogen-bond donors (Lipinski definition) is 1. The summed E-state index contributed by atoms with van der Waals surface area (Å²) < 4.78 is 23.3. The van der Waals surface area contributed by atoms with Gasteiger partial charge in [-0.15, -0.1) is 0 Å². The van der Waals surface area contributed by atoms with Crippen LogP contribution in [0.4, 0.5) is 11.4 Å². The molecule has 0 bridgehead atoms. The zero-order chi connectivity index (χ0) is 23.0. The lowest BCUT2D eigenvalue weighted by Crippen LogP contribution is -2.51. The summed E-state index contributed by atoms with van der Waals surface area (Å²) in [6.45, 7) is 6.98. The molecule has 2 aliphatic rings. The number of ketones is 1. The van der Waals surface area contributed by atoms with Gasteiger partial charge in [0.2, 0.25) is 15.9 Å². The molecule has 2 aromatic carbocycles. The predicted octanol–water partition coefficient (Wildman–Crippen LogP) is 1.64. The van der Waals surface area contributed by atoms with Gasteiger partial charge in [0, 0.05) is 49.2 Å². The van der Waals surface area contributed by atoms with Crippen molar-refractivity contribution in [3.8, 4) is 0 Å². The van der Waals surface area contributed by atoms with Crippen molar-refractivity contribution in [2.24, 2.45) is 5.14 Å². The second-order valence-corrected chi connectivity index (χ2v) is 10.1. The predicted molar refractivity (Wildman–Crippen MR) is 124 cm³/mol. The summed E-state index contributed by atoms with van der Waals surface area (Å²) in [7, 11) is -3.77. The summed E-state index contributed by atoms with van der Waals surface area (Å²) in [5, 5.41) is 5.24. The normalized spacial score (nSPS) is 19.2. The quantitative estimate of drug-likeness (QED) is 0.686. The molecule has 32 heavy (non-hydrogen) atoms. The fourth-order valence-electron chi connectivity index (χ4n) is 4.50. The van der Waals surface area contributed by atoms with Crippen LogP contribution < -0.4 is 14.9 Å². The molecule has 1 atom stereocenters. The fourth-order valence-corrected chi connectivity index (χ4v) is 5.07. The Morgan fingerprint density at radius 3 is 2.28 bits per heavy atom. The number of rotatable bonds is 5. The average molecular weight is 457 g/mol. The summed E-state index contributed by atoms with van der Waals surface area (Å²) >= 11 is 0. The van der Waals surface area contributed by atoms with Gasteiger partial charge >= 0.3 is 0 Å². The number of fused-ring (bicyclic) bond motifs is 1. The average Bonchev–Trinajstić information content (AvgIpc) is 3.08. The Balaban J connectivity index is 1.38. The number of anilines is 2. The molecule has 0 unspecified atom stereocenters. The minimum Gasteiger partial charge on any atom is -0.369 e. The maximum atomic E-state index is 13.1. The standard InChI is InChI=1S/C23H28N4O4S/c1-16-13-19-14-21(32(24,30)31)7-8-22(19)27(16)23(29)15-25-9-11-26(12-10-25)20-5-3-18(4-6-20)17(2)28/h3-8,14,16H,9-13,15H2,1-2H3,(H2,24,30,31)/t16-/m1/s1. The molecular weight excluding hydrogens is 428 g/mol. The van der Waals surface area contributed by atoms with E-state index >= 15 is 0 Å². The van der Waals surface area contributed by atoms with E-state index in [1.54, 1.807) is 24.0 Å². The van der Waals surface area contributed by atoms with Crippen molar-refractivity contribution in [2.45, 2.75) is 31.2 Å². The van der Waals surface area contributed by atoms with E-state index in [4.69, 9.17) is 5.14 Å². The molecule has 9 heteroatoms. The largest absolute Gasteiger partial charge is 0.369 e. The SMILES string of the molecule is CC(=O)c1ccc(N2CCN(CC(=O)N3c4ccc(S(N)(=O)=O)cc4C[C@H]3C)CC2)cc1. The van der Waals surface area contributed by atoms with Crippen LogP contribution in [0.5, 0.6) is 0 Å². The van der Waals surface area contributed by atoms with Crippen LogP contribution in [0.2, 0.25) is 0 Å². The Hall–Kier alpha value is -2.75. The van der Waals surface area contributed by atoms with Crippen LogP contribution >= 0.6 is 0 Å². The highest BCUT2D eigenvalue weighted by Gasteiger charge is 2.33. The van der Waals surface area contributed by atoms with Gasteiger partial charge in [-0.3, -0.25) is 14.5 Å². The Morgan fingerprint density at radius 2 is 1.69 bits per heavy atom. The molecule has 170 valence electrons. The molecule has 0 spiro atoms.